The van der Waals surface area contributed by atoms with E-state index >= 15 is 0 Å². The lowest BCUT2D eigenvalue weighted by Gasteiger charge is -2.16. The predicted molar refractivity (Wildman–Crippen MR) is 94.9 cm³/mol. The molecule has 0 aliphatic carbocycles. The molecule has 0 heterocycles. The van der Waals surface area contributed by atoms with Crippen molar-refractivity contribution in [2.75, 3.05) is 5.32 Å². The average Bonchev–Trinajstić information content (AvgIpc) is 2.56. The zero-order chi connectivity index (χ0) is 15.4. The Bertz CT molecular complexity index is 746. The summed E-state index contributed by atoms with van der Waals surface area (Å²) in [5, 5.41) is 3.53. The van der Waals surface area contributed by atoms with Crippen LogP contribution in [0.15, 0.2) is 72.8 Å². The lowest BCUT2D eigenvalue weighted by Crippen LogP contribution is -2.00. The van der Waals surface area contributed by atoms with Gasteiger partial charge in [-0.1, -0.05) is 54.6 Å². The third-order valence-electron chi connectivity index (χ3n) is 4.11. The summed E-state index contributed by atoms with van der Waals surface area (Å²) in [7, 11) is 0. The van der Waals surface area contributed by atoms with Gasteiger partial charge >= 0.3 is 0 Å². The molecule has 0 atom stereocenters. The van der Waals surface area contributed by atoms with E-state index in [4.69, 9.17) is 0 Å². The van der Waals surface area contributed by atoms with Crippen molar-refractivity contribution in [2.24, 2.45) is 0 Å². The highest BCUT2D eigenvalue weighted by Crippen LogP contribution is 2.27. The van der Waals surface area contributed by atoms with Gasteiger partial charge in [0.05, 0.1) is 0 Å². The molecule has 3 rings (SSSR count). The topological polar surface area (TPSA) is 12.0 Å². The van der Waals surface area contributed by atoms with Gasteiger partial charge in [-0.05, 0) is 60.7 Å². The first-order chi connectivity index (χ1) is 10.7. The summed E-state index contributed by atoms with van der Waals surface area (Å²) in [4.78, 5) is 0. The fourth-order valence-corrected chi connectivity index (χ4v) is 2.78. The number of aryl methyl sites for hydroxylation is 1. The van der Waals surface area contributed by atoms with E-state index in [0.29, 0.717) is 0 Å². The van der Waals surface area contributed by atoms with Crippen LogP contribution in [0.1, 0.15) is 22.3 Å². The predicted octanol–water partition coefficient (Wildman–Crippen LogP) is 5.64. The van der Waals surface area contributed by atoms with E-state index in [0.717, 1.165) is 12.1 Å². The highest BCUT2D eigenvalue weighted by molar-refractivity contribution is 5.65. The first kappa shape index (κ1) is 14.4. The first-order valence-electron chi connectivity index (χ1n) is 7.69. The number of nitrogens with one attached hydrogen (secondary N) is 1. The second-order valence-electron chi connectivity index (χ2n) is 5.69. The molecule has 0 bridgehead atoms. The molecule has 0 saturated heterocycles. The third kappa shape index (κ3) is 3.20. The number of hydrogen-bond acceptors (Lipinski definition) is 1. The summed E-state index contributed by atoms with van der Waals surface area (Å²) >= 11 is 0. The molecule has 3 aromatic carbocycles. The van der Waals surface area contributed by atoms with E-state index in [-0.39, 0.29) is 0 Å². The highest BCUT2D eigenvalue weighted by atomic mass is 14.9. The second kappa shape index (κ2) is 6.48. The quantitative estimate of drug-likeness (QED) is 0.655. The standard InChI is InChI=1S/C21H21N/c1-16-13-14-21(22-19-11-7-4-8-12-19)17(2)20(16)15-18-9-5-3-6-10-18/h3-14,22H,15H2,1-2H3. The van der Waals surface area contributed by atoms with Crippen LogP contribution in [0.5, 0.6) is 0 Å². The summed E-state index contributed by atoms with van der Waals surface area (Å²) in [5.41, 5.74) is 7.74. The first-order valence-corrected chi connectivity index (χ1v) is 7.69. The van der Waals surface area contributed by atoms with Crippen molar-refractivity contribution in [3.63, 3.8) is 0 Å². The van der Waals surface area contributed by atoms with Crippen LogP contribution in [-0.2, 0) is 6.42 Å². The van der Waals surface area contributed by atoms with Gasteiger partial charge in [0.25, 0.3) is 0 Å². The number of anilines is 2. The Labute approximate surface area is 132 Å². The van der Waals surface area contributed by atoms with Crippen molar-refractivity contribution in [3.05, 3.63) is 95.1 Å². The Hall–Kier alpha value is -2.54. The molecule has 0 aliphatic heterocycles. The number of benzene rings is 3. The molecule has 0 saturated carbocycles. The van der Waals surface area contributed by atoms with Gasteiger partial charge in [-0.3, -0.25) is 0 Å². The molecule has 110 valence electrons. The fourth-order valence-electron chi connectivity index (χ4n) is 2.78. The van der Waals surface area contributed by atoms with Gasteiger partial charge < -0.3 is 5.32 Å². The largest absolute Gasteiger partial charge is 0.355 e. The minimum absolute atomic E-state index is 0.975. The zero-order valence-electron chi connectivity index (χ0n) is 13.1. The average molecular weight is 287 g/mol. The molecule has 22 heavy (non-hydrogen) atoms. The van der Waals surface area contributed by atoms with E-state index in [1.54, 1.807) is 0 Å². The minimum atomic E-state index is 0.975. The van der Waals surface area contributed by atoms with Crippen LogP contribution in [0.3, 0.4) is 0 Å². The van der Waals surface area contributed by atoms with Gasteiger partial charge in [-0.25, -0.2) is 0 Å². The van der Waals surface area contributed by atoms with E-state index in [1.165, 1.54) is 27.9 Å². The molecule has 1 N–H and O–H groups in total. The smallest absolute Gasteiger partial charge is 0.0417 e. The van der Waals surface area contributed by atoms with E-state index in [9.17, 15) is 0 Å². The Balaban J connectivity index is 1.92. The van der Waals surface area contributed by atoms with Gasteiger partial charge in [0.1, 0.15) is 0 Å². The molecular weight excluding hydrogens is 266 g/mol. The molecule has 0 unspecified atom stereocenters. The van der Waals surface area contributed by atoms with Crippen LogP contribution in [0.25, 0.3) is 0 Å². The molecule has 0 aromatic heterocycles. The van der Waals surface area contributed by atoms with Crippen LogP contribution in [0.2, 0.25) is 0 Å². The van der Waals surface area contributed by atoms with Gasteiger partial charge in [0, 0.05) is 11.4 Å². The zero-order valence-corrected chi connectivity index (χ0v) is 13.1. The molecule has 0 spiro atoms. The van der Waals surface area contributed by atoms with Crippen molar-refractivity contribution < 1.29 is 0 Å². The third-order valence-corrected chi connectivity index (χ3v) is 4.11. The molecule has 0 fully saturated rings. The Morgan fingerprint density at radius 3 is 2.05 bits per heavy atom. The molecule has 0 aliphatic rings. The summed E-state index contributed by atoms with van der Waals surface area (Å²) in [6, 6.07) is 25.4. The molecule has 3 aromatic rings. The van der Waals surface area contributed by atoms with Crippen molar-refractivity contribution in [3.8, 4) is 0 Å². The van der Waals surface area contributed by atoms with Crippen molar-refractivity contribution in [2.45, 2.75) is 20.3 Å². The number of rotatable bonds is 4. The van der Waals surface area contributed by atoms with Crippen molar-refractivity contribution in [1.82, 2.24) is 0 Å². The lowest BCUT2D eigenvalue weighted by molar-refractivity contribution is 1.12. The van der Waals surface area contributed by atoms with Gasteiger partial charge in [-0.2, -0.15) is 0 Å². The summed E-state index contributed by atoms with van der Waals surface area (Å²) in [5.74, 6) is 0. The van der Waals surface area contributed by atoms with E-state index in [2.05, 4.69) is 85.9 Å². The maximum Gasteiger partial charge on any atom is 0.0417 e. The Kier molecular flexibility index (Phi) is 4.24. The van der Waals surface area contributed by atoms with Crippen LogP contribution in [-0.4, -0.2) is 0 Å². The monoisotopic (exact) mass is 287 g/mol. The van der Waals surface area contributed by atoms with Crippen LogP contribution >= 0.6 is 0 Å². The SMILES string of the molecule is Cc1ccc(Nc2ccccc2)c(C)c1Cc1ccccc1. The fraction of sp³-hybridized carbons (Fsp3) is 0.143. The Morgan fingerprint density at radius 2 is 1.36 bits per heavy atom. The van der Waals surface area contributed by atoms with E-state index in [1.807, 2.05) is 6.07 Å². The molecular formula is C21H21N. The van der Waals surface area contributed by atoms with Crippen LogP contribution < -0.4 is 5.32 Å². The van der Waals surface area contributed by atoms with Gasteiger partial charge in [-0.15, -0.1) is 0 Å². The van der Waals surface area contributed by atoms with Crippen molar-refractivity contribution in [1.29, 1.82) is 0 Å². The summed E-state index contributed by atoms with van der Waals surface area (Å²) in [6.45, 7) is 4.40. The van der Waals surface area contributed by atoms with Crippen LogP contribution in [0.4, 0.5) is 11.4 Å². The van der Waals surface area contributed by atoms with Crippen LogP contribution in [0, 0.1) is 13.8 Å². The number of para-hydroxylation sites is 1. The van der Waals surface area contributed by atoms with Gasteiger partial charge in [0.2, 0.25) is 0 Å². The molecule has 0 radical (unpaired) electrons. The summed E-state index contributed by atoms with van der Waals surface area (Å²) < 4.78 is 0. The lowest BCUT2D eigenvalue weighted by atomic mass is 9.95. The second-order valence-corrected chi connectivity index (χ2v) is 5.69. The molecule has 1 heteroatoms. The maximum absolute atomic E-state index is 3.53. The normalized spacial score (nSPS) is 10.5. The van der Waals surface area contributed by atoms with E-state index < -0.39 is 0 Å². The Morgan fingerprint density at radius 1 is 0.727 bits per heavy atom. The van der Waals surface area contributed by atoms with Gasteiger partial charge in [0.15, 0.2) is 0 Å². The molecule has 1 nitrogen and oxygen atoms in total. The maximum atomic E-state index is 3.53. The summed E-state index contributed by atoms with van der Waals surface area (Å²) in [6.07, 6.45) is 0.975. The highest BCUT2D eigenvalue weighted by Gasteiger charge is 2.08. The number of hydrogen-bond donors (Lipinski definition) is 1. The van der Waals surface area contributed by atoms with Crippen molar-refractivity contribution >= 4 is 11.4 Å². The molecule has 0 amide bonds. The minimum Gasteiger partial charge on any atom is -0.355 e.